The lowest BCUT2D eigenvalue weighted by molar-refractivity contribution is 0.305. The van der Waals surface area contributed by atoms with Crippen molar-refractivity contribution in [3.63, 3.8) is 0 Å². The van der Waals surface area contributed by atoms with Crippen molar-refractivity contribution in [1.29, 1.82) is 0 Å². The molecule has 98 valence electrons. The van der Waals surface area contributed by atoms with Crippen LogP contribution in [0.3, 0.4) is 0 Å². The molecule has 0 fully saturated rings. The highest BCUT2D eigenvalue weighted by molar-refractivity contribution is 5.34. The van der Waals surface area contributed by atoms with Crippen molar-refractivity contribution in [3.8, 4) is 18.2 Å². The lowest BCUT2D eigenvalue weighted by Crippen LogP contribution is -2.19. The Bertz CT molecular complexity index is 412. The van der Waals surface area contributed by atoms with Crippen LogP contribution in [0, 0.1) is 19.3 Å². The SMILES string of the molecule is C#CC(CCC)Nc1nc(C)cc(OCCC)n1. The smallest absolute Gasteiger partial charge is 0.227 e. The Kier molecular flexibility index (Phi) is 5.99. The van der Waals surface area contributed by atoms with Gasteiger partial charge in [0.1, 0.15) is 0 Å². The standard InChI is InChI=1S/C14H21N3O/c1-5-8-12(7-3)16-14-15-11(4)10-13(17-14)18-9-6-2/h3,10,12H,5-6,8-9H2,1-2,4H3,(H,15,16,17). The molecule has 0 aliphatic rings. The van der Waals surface area contributed by atoms with Crippen LogP contribution in [0.15, 0.2) is 6.07 Å². The summed E-state index contributed by atoms with van der Waals surface area (Å²) in [6.45, 7) is 6.72. The minimum Gasteiger partial charge on any atom is -0.478 e. The minimum absolute atomic E-state index is 0.0316. The molecule has 18 heavy (non-hydrogen) atoms. The molecule has 0 aromatic carbocycles. The average Bonchev–Trinajstić information content (AvgIpc) is 2.35. The van der Waals surface area contributed by atoms with E-state index in [1.54, 1.807) is 0 Å². The molecule has 0 spiro atoms. The van der Waals surface area contributed by atoms with Gasteiger partial charge >= 0.3 is 0 Å². The first-order chi connectivity index (χ1) is 8.69. The summed E-state index contributed by atoms with van der Waals surface area (Å²) in [5, 5.41) is 3.15. The number of nitrogens with zero attached hydrogens (tertiary/aromatic N) is 2. The van der Waals surface area contributed by atoms with Crippen molar-refractivity contribution in [1.82, 2.24) is 9.97 Å². The normalized spacial score (nSPS) is 11.7. The van der Waals surface area contributed by atoms with Crippen LogP contribution in [0.2, 0.25) is 0 Å². The summed E-state index contributed by atoms with van der Waals surface area (Å²) in [7, 11) is 0. The molecular weight excluding hydrogens is 226 g/mol. The van der Waals surface area contributed by atoms with E-state index in [4.69, 9.17) is 11.2 Å². The van der Waals surface area contributed by atoms with Gasteiger partial charge in [-0.2, -0.15) is 4.98 Å². The molecule has 1 atom stereocenters. The van der Waals surface area contributed by atoms with E-state index in [0.717, 1.165) is 25.0 Å². The van der Waals surface area contributed by atoms with Crippen molar-refractivity contribution in [3.05, 3.63) is 11.8 Å². The summed E-state index contributed by atoms with van der Waals surface area (Å²) < 4.78 is 5.51. The predicted molar refractivity (Wildman–Crippen MR) is 73.7 cm³/mol. The maximum atomic E-state index is 5.51. The molecule has 0 aliphatic carbocycles. The van der Waals surface area contributed by atoms with Crippen LogP contribution in [-0.2, 0) is 0 Å². The van der Waals surface area contributed by atoms with E-state index < -0.39 is 0 Å². The van der Waals surface area contributed by atoms with Gasteiger partial charge in [-0.15, -0.1) is 6.42 Å². The fraction of sp³-hybridized carbons (Fsp3) is 0.571. The van der Waals surface area contributed by atoms with Crippen LogP contribution in [0.1, 0.15) is 38.8 Å². The minimum atomic E-state index is -0.0316. The third-order valence-corrected chi connectivity index (χ3v) is 2.37. The number of aromatic nitrogens is 2. The van der Waals surface area contributed by atoms with Gasteiger partial charge in [-0.25, -0.2) is 4.98 Å². The maximum Gasteiger partial charge on any atom is 0.227 e. The topological polar surface area (TPSA) is 47.0 Å². The third-order valence-electron chi connectivity index (χ3n) is 2.37. The lowest BCUT2D eigenvalue weighted by atomic mass is 10.2. The molecule has 1 N–H and O–H groups in total. The number of aryl methyl sites for hydroxylation is 1. The van der Waals surface area contributed by atoms with Gasteiger partial charge in [0.15, 0.2) is 0 Å². The van der Waals surface area contributed by atoms with Crippen molar-refractivity contribution in [2.75, 3.05) is 11.9 Å². The van der Waals surface area contributed by atoms with Gasteiger partial charge in [0.25, 0.3) is 0 Å². The second-order valence-corrected chi connectivity index (χ2v) is 4.17. The van der Waals surface area contributed by atoms with Crippen LogP contribution in [0.5, 0.6) is 5.88 Å². The van der Waals surface area contributed by atoms with Crippen LogP contribution in [0.25, 0.3) is 0 Å². The Morgan fingerprint density at radius 3 is 2.78 bits per heavy atom. The summed E-state index contributed by atoms with van der Waals surface area (Å²) in [6.07, 6.45) is 8.34. The number of rotatable bonds is 7. The molecule has 4 nitrogen and oxygen atoms in total. The summed E-state index contributed by atoms with van der Waals surface area (Å²) in [5.74, 6) is 3.84. The van der Waals surface area contributed by atoms with Crippen molar-refractivity contribution in [2.24, 2.45) is 0 Å². The monoisotopic (exact) mass is 247 g/mol. The Balaban J connectivity index is 2.75. The third kappa shape index (κ3) is 4.62. The predicted octanol–water partition coefficient (Wildman–Crippen LogP) is 2.79. The van der Waals surface area contributed by atoms with Crippen molar-refractivity contribution < 1.29 is 4.74 Å². The highest BCUT2D eigenvalue weighted by atomic mass is 16.5. The number of nitrogens with one attached hydrogen (secondary N) is 1. The lowest BCUT2D eigenvalue weighted by Gasteiger charge is -2.13. The molecule has 1 heterocycles. The van der Waals surface area contributed by atoms with E-state index >= 15 is 0 Å². The number of anilines is 1. The molecule has 1 unspecified atom stereocenters. The molecule has 1 rings (SSSR count). The second kappa shape index (κ2) is 7.54. The Morgan fingerprint density at radius 1 is 1.39 bits per heavy atom. The average molecular weight is 247 g/mol. The number of ether oxygens (including phenoxy) is 1. The molecule has 0 saturated carbocycles. The first kappa shape index (κ1) is 14.3. The van der Waals surface area contributed by atoms with Gasteiger partial charge in [0.05, 0.1) is 12.6 Å². The maximum absolute atomic E-state index is 5.51. The fourth-order valence-corrected chi connectivity index (χ4v) is 1.53. The van der Waals surface area contributed by atoms with E-state index in [1.807, 2.05) is 13.0 Å². The molecule has 1 aromatic heterocycles. The summed E-state index contributed by atoms with van der Waals surface area (Å²) >= 11 is 0. The van der Waals surface area contributed by atoms with Crippen LogP contribution in [-0.4, -0.2) is 22.6 Å². The summed E-state index contributed by atoms with van der Waals surface area (Å²) in [4.78, 5) is 8.62. The molecule has 0 bridgehead atoms. The number of hydrogen-bond acceptors (Lipinski definition) is 4. The van der Waals surface area contributed by atoms with Gasteiger partial charge in [-0.3, -0.25) is 0 Å². The number of hydrogen-bond donors (Lipinski definition) is 1. The number of terminal acetylenes is 1. The first-order valence-corrected chi connectivity index (χ1v) is 6.40. The fourth-order valence-electron chi connectivity index (χ4n) is 1.53. The van der Waals surface area contributed by atoms with Gasteiger partial charge in [0, 0.05) is 11.8 Å². The quantitative estimate of drug-likeness (QED) is 0.753. The molecule has 0 amide bonds. The van der Waals surface area contributed by atoms with E-state index in [9.17, 15) is 0 Å². The zero-order valence-corrected chi connectivity index (χ0v) is 11.4. The van der Waals surface area contributed by atoms with Gasteiger partial charge in [0.2, 0.25) is 11.8 Å². The molecule has 0 saturated heterocycles. The van der Waals surface area contributed by atoms with Gasteiger partial charge in [-0.05, 0) is 19.8 Å². The molecule has 4 heteroatoms. The Hall–Kier alpha value is -1.76. The van der Waals surface area contributed by atoms with Crippen LogP contribution >= 0.6 is 0 Å². The molecule has 0 radical (unpaired) electrons. The van der Waals surface area contributed by atoms with Crippen LogP contribution < -0.4 is 10.1 Å². The first-order valence-electron chi connectivity index (χ1n) is 6.40. The largest absolute Gasteiger partial charge is 0.478 e. The van der Waals surface area contributed by atoms with Crippen LogP contribution in [0.4, 0.5) is 5.95 Å². The zero-order chi connectivity index (χ0) is 13.4. The molecule has 0 aliphatic heterocycles. The van der Waals surface area contributed by atoms with Gasteiger partial charge in [-0.1, -0.05) is 26.2 Å². The molecular formula is C14H21N3O. The van der Waals surface area contributed by atoms with Crippen molar-refractivity contribution in [2.45, 2.75) is 46.1 Å². The van der Waals surface area contributed by atoms with E-state index in [2.05, 4.69) is 35.1 Å². The highest BCUT2D eigenvalue weighted by Gasteiger charge is 2.08. The molecule has 1 aromatic rings. The van der Waals surface area contributed by atoms with Crippen molar-refractivity contribution >= 4 is 5.95 Å². The summed E-state index contributed by atoms with van der Waals surface area (Å²) in [5.41, 5.74) is 0.867. The Labute approximate surface area is 109 Å². The zero-order valence-electron chi connectivity index (χ0n) is 11.4. The highest BCUT2D eigenvalue weighted by Crippen LogP contribution is 2.13. The Morgan fingerprint density at radius 2 is 2.17 bits per heavy atom. The van der Waals surface area contributed by atoms with E-state index in [-0.39, 0.29) is 6.04 Å². The van der Waals surface area contributed by atoms with E-state index in [0.29, 0.717) is 18.4 Å². The van der Waals surface area contributed by atoms with Gasteiger partial charge < -0.3 is 10.1 Å². The summed E-state index contributed by atoms with van der Waals surface area (Å²) in [6, 6.07) is 1.79. The van der Waals surface area contributed by atoms with E-state index in [1.165, 1.54) is 0 Å². The second-order valence-electron chi connectivity index (χ2n) is 4.17.